The van der Waals surface area contributed by atoms with Gasteiger partial charge in [0, 0.05) is 12.6 Å². The first-order chi connectivity index (χ1) is 9.79. The second-order valence-corrected chi connectivity index (χ2v) is 6.86. The van der Waals surface area contributed by atoms with Gasteiger partial charge in [0.2, 0.25) is 10.0 Å². The van der Waals surface area contributed by atoms with E-state index in [4.69, 9.17) is 5.11 Å². The topological polar surface area (TPSA) is 83.5 Å². The van der Waals surface area contributed by atoms with Crippen LogP contribution in [0.15, 0.2) is 23.1 Å². The molecule has 5 nitrogen and oxygen atoms in total. The molecule has 1 aromatic rings. The van der Waals surface area contributed by atoms with E-state index in [1.54, 1.807) is 0 Å². The van der Waals surface area contributed by atoms with Crippen molar-refractivity contribution in [2.24, 2.45) is 11.8 Å². The Balaban J connectivity index is 2.09. The third-order valence-electron chi connectivity index (χ3n) is 3.66. The first-order valence-electron chi connectivity index (χ1n) is 6.48. The van der Waals surface area contributed by atoms with Crippen LogP contribution >= 0.6 is 0 Å². The summed E-state index contributed by atoms with van der Waals surface area (Å²) in [7, 11) is -4.06. The third-order valence-corrected chi connectivity index (χ3v) is 5.06. The van der Waals surface area contributed by atoms with Crippen molar-refractivity contribution in [1.82, 2.24) is 4.72 Å². The van der Waals surface area contributed by atoms with Gasteiger partial charge in [-0.25, -0.2) is 21.9 Å². The van der Waals surface area contributed by atoms with E-state index >= 15 is 0 Å². The Hall–Kier alpha value is -1.54. The molecule has 1 aromatic carbocycles. The number of carbonyl (C=O) groups is 1. The highest BCUT2D eigenvalue weighted by atomic mass is 32.2. The highest BCUT2D eigenvalue weighted by Crippen LogP contribution is 2.31. The minimum absolute atomic E-state index is 0.0581. The fourth-order valence-corrected chi connectivity index (χ4v) is 3.73. The van der Waals surface area contributed by atoms with E-state index in [9.17, 15) is 22.0 Å². The molecule has 2 rings (SSSR count). The molecule has 1 saturated carbocycles. The van der Waals surface area contributed by atoms with Gasteiger partial charge >= 0.3 is 5.97 Å². The van der Waals surface area contributed by atoms with Crippen LogP contribution in [0.5, 0.6) is 0 Å². The smallest absolute Gasteiger partial charge is 0.306 e. The van der Waals surface area contributed by atoms with Crippen LogP contribution in [0, 0.1) is 23.5 Å². The van der Waals surface area contributed by atoms with Gasteiger partial charge in [-0.05, 0) is 30.9 Å². The van der Waals surface area contributed by atoms with Gasteiger partial charge in [0.05, 0.1) is 10.8 Å². The summed E-state index contributed by atoms with van der Waals surface area (Å²) in [4.78, 5) is 10.5. The average molecular weight is 319 g/mol. The molecular weight excluding hydrogens is 304 g/mol. The summed E-state index contributed by atoms with van der Waals surface area (Å²) in [6, 6.07) is 2.01. The molecule has 0 heterocycles. The average Bonchev–Trinajstić information content (AvgIpc) is 2.83. The molecule has 0 aliphatic heterocycles. The summed E-state index contributed by atoms with van der Waals surface area (Å²) in [5, 5.41) is 9.03. The number of hydrogen-bond acceptors (Lipinski definition) is 3. The maximum Gasteiger partial charge on any atom is 0.306 e. The lowest BCUT2D eigenvalue weighted by Crippen LogP contribution is -2.33. The minimum atomic E-state index is -4.06. The fourth-order valence-electron chi connectivity index (χ4n) is 2.59. The minimum Gasteiger partial charge on any atom is -0.481 e. The molecule has 0 aromatic heterocycles. The van der Waals surface area contributed by atoms with E-state index in [1.807, 2.05) is 0 Å². The zero-order chi connectivity index (χ0) is 15.6. The van der Waals surface area contributed by atoms with Crippen LogP contribution < -0.4 is 4.72 Å². The highest BCUT2D eigenvalue weighted by molar-refractivity contribution is 7.89. The highest BCUT2D eigenvalue weighted by Gasteiger charge is 2.33. The maximum absolute atomic E-state index is 13.1. The number of halogens is 2. The van der Waals surface area contributed by atoms with Crippen LogP contribution in [-0.2, 0) is 14.8 Å². The van der Waals surface area contributed by atoms with Gasteiger partial charge in [-0.3, -0.25) is 4.79 Å². The van der Waals surface area contributed by atoms with Crippen LogP contribution in [-0.4, -0.2) is 26.0 Å². The Bertz CT molecular complexity index is 627. The number of rotatable bonds is 5. The van der Waals surface area contributed by atoms with Gasteiger partial charge in [0.25, 0.3) is 0 Å². The van der Waals surface area contributed by atoms with Crippen molar-refractivity contribution in [3.63, 3.8) is 0 Å². The normalized spacial score (nSPS) is 22.4. The lowest BCUT2D eigenvalue weighted by Gasteiger charge is -2.16. The SMILES string of the molecule is O=C(O)C1CCCC1CNS(=O)(=O)c1cc(F)cc(F)c1. The molecule has 8 heteroatoms. The molecule has 116 valence electrons. The van der Waals surface area contributed by atoms with Crippen molar-refractivity contribution in [2.45, 2.75) is 24.2 Å². The Kier molecular flexibility index (Phi) is 4.58. The van der Waals surface area contributed by atoms with Crippen molar-refractivity contribution in [3.05, 3.63) is 29.8 Å². The number of benzene rings is 1. The Morgan fingerprint density at radius 2 is 1.86 bits per heavy atom. The molecule has 0 amide bonds. The van der Waals surface area contributed by atoms with Crippen LogP contribution in [0.25, 0.3) is 0 Å². The molecule has 0 radical (unpaired) electrons. The van der Waals surface area contributed by atoms with Gasteiger partial charge < -0.3 is 5.11 Å². The predicted octanol–water partition coefficient (Wildman–Crippen LogP) is 1.74. The fraction of sp³-hybridized carbons (Fsp3) is 0.462. The Morgan fingerprint density at radius 1 is 1.24 bits per heavy atom. The van der Waals surface area contributed by atoms with Crippen molar-refractivity contribution >= 4 is 16.0 Å². The number of carboxylic acid groups (broad SMARTS) is 1. The molecular formula is C13H15F2NO4S. The van der Waals surface area contributed by atoms with Crippen molar-refractivity contribution in [1.29, 1.82) is 0 Å². The van der Waals surface area contributed by atoms with Gasteiger partial charge in [-0.2, -0.15) is 0 Å². The number of carboxylic acids is 1. The van der Waals surface area contributed by atoms with E-state index < -0.39 is 38.4 Å². The number of hydrogen-bond donors (Lipinski definition) is 2. The van der Waals surface area contributed by atoms with Crippen LogP contribution in [0.3, 0.4) is 0 Å². The molecule has 21 heavy (non-hydrogen) atoms. The van der Waals surface area contributed by atoms with Gasteiger partial charge in [-0.15, -0.1) is 0 Å². The second-order valence-electron chi connectivity index (χ2n) is 5.09. The van der Waals surface area contributed by atoms with Crippen molar-refractivity contribution in [2.75, 3.05) is 6.54 Å². The summed E-state index contributed by atoms with van der Waals surface area (Å²) in [5.41, 5.74) is 0. The molecule has 0 saturated heterocycles. The Morgan fingerprint density at radius 3 is 2.43 bits per heavy atom. The second kappa shape index (κ2) is 6.07. The zero-order valence-electron chi connectivity index (χ0n) is 11.1. The zero-order valence-corrected chi connectivity index (χ0v) is 11.9. The van der Waals surface area contributed by atoms with Gasteiger partial charge in [-0.1, -0.05) is 6.42 Å². The molecule has 2 unspecified atom stereocenters. The van der Waals surface area contributed by atoms with Crippen LogP contribution in [0.4, 0.5) is 8.78 Å². The van der Waals surface area contributed by atoms with E-state index in [-0.39, 0.29) is 12.5 Å². The maximum atomic E-state index is 13.1. The monoisotopic (exact) mass is 319 g/mol. The Labute approximate surface area is 121 Å². The molecule has 1 aliphatic rings. The predicted molar refractivity (Wildman–Crippen MR) is 70.0 cm³/mol. The summed E-state index contributed by atoms with van der Waals surface area (Å²) in [6.45, 7) is -0.0581. The molecule has 1 aliphatic carbocycles. The van der Waals surface area contributed by atoms with Crippen molar-refractivity contribution < 1.29 is 27.1 Å². The summed E-state index contributed by atoms with van der Waals surface area (Å²) in [6.07, 6.45) is 1.84. The van der Waals surface area contributed by atoms with E-state index in [1.165, 1.54) is 0 Å². The van der Waals surface area contributed by atoms with Crippen LogP contribution in [0.2, 0.25) is 0 Å². The van der Waals surface area contributed by atoms with Crippen molar-refractivity contribution in [3.8, 4) is 0 Å². The van der Waals surface area contributed by atoms with Gasteiger partial charge in [0.15, 0.2) is 0 Å². The molecule has 0 bridgehead atoms. The molecule has 0 spiro atoms. The number of nitrogens with one attached hydrogen (secondary N) is 1. The molecule has 1 fully saturated rings. The van der Waals surface area contributed by atoms with E-state index in [0.29, 0.717) is 18.9 Å². The van der Waals surface area contributed by atoms with E-state index in [2.05, 4.69) is 4.72 Å². The largest absolute Gasteiger partial charge is 0.481 e. The molecule has 2 N–H and O–H groups in total. The third kappa shape index (κ3) is 3.76. The number of sulfonamides is 1. The summed E-state index contributed by atoms with van der Waals surface area (Å²) >= 11 is 0. The lowest BCUT2D eigenvalue weighted by molar-refractivity contribution is -0.142. The first kappa shape index (κ1) is 15.8. The standard InChI is InChI=1S/C13H15F2NO4S/c14-9-4-10(15)6-11(5-9)21(19,20)16-7-8-2-1-3-12(8)13(17)18/h4-6,8,12,16H,1-3,7H2,(H,17,18). The number of aliphatic carboxylic acids is 1. The molecule has 2 atom stereocenters. The summed E-state index contributed by atoms with van der Waals surface area (Å²) in [5.74, 6) is -3.82. The lowest BCUT2D eigenvalue weighted by atomic mass is 9.97. The quantitative estimate of drug-likeness (QED) is 0.866. The van der Waals surface area contributed by atoms with E-state index in [0.717, 1.165) is 18.6 Å². The summed E-state index contributed by atoms with van der Waals surface area (Å²) < 4.78 is 52.3. The van der Waals surface area contributed by atoms with Crippen LogP contribution in [0.1, 0.15) is 19.3 Å². The first-order valence-corrected chi connectivity index (χ1v) is 7.96. The van der Waals surface area contributed by atoms with Gasteiger partial charge in [0.1, 0.15) is 11.6 Å².